The van der Waals surface area contributed by atoms with E-state index in [4.69, 9.17) is 5.26 Å². The Bertz CT molecular complexity index is 630. The number of hydrogen-bond acceptors (Lipinski definition) is 4. The Morgan fingerprint density at radius 3 is 2.89 bits per heavy atom. The summed E-state index contributed by atoms with van der Waals surface area (Å²) in [5, 5.41) is 8.67. The molecule has 4 nitrogen and oxygen atoms in total. The third-order valence-corrected chi connectivity index (χ3v) is 2.97. The molecular formula is C13H9FN4. The van der Waals surface area contributed by atoms with Crippen molar-refractivity contribution in [1.29, 1.82) is 5.26 Å². The van der Waals surface area contributed by atoms with Crippen LogP contribution in [0.15, 0.2) is 30.6 Å². The summed E-state index contributed by atoms with van der Waals surface area (Å²) in [4.78, 5) is 10.1. The van der Waals surface area contributed by atoms with Crippen LogP contribution in [-0.4, -0.2) is 16.5 Å². The fraction of sp³-hybridized carbons (Fsp3) is 0.154. The van der Waals surface area contributed by atoms with Gasteiger partial charge < -0.3 is 4.90 Å². The van der Waals surface area contributed by atoms with Crippen LogP contribution < -0.4 is 4.90 Å². The van der Waals surface area contributed by atoms with Crippen LogP contribution in [0.4, 0.5) is 15.9 Å². The van der Waals surface area contributed by atoms with Crippen molar-refractivity contribution in [1.82, 2.24) is 9.97 Å². The molecule has 0 spiro atoms. The van der Waals surface area contributed by atoms with Crippen LogP contribution in [0.5, 0.6) is 0 Å². The molecule has 18 heavy (non-hydrogen) atoms. The fourth-order valence-corrected chi connectivity index (χ4v) is 2.11. The first-order chi connectivity index (χ1) is 8.78. The zero-order chi connectivity index (χ0) is 12.5. The van der Waals surface area contributed by atoms with Gasteiger partial charge >= 0.3 is 0 Å². The smallest absolute Gasteiger partial charge is 0.158 e. The summed E-state index contributed by atoms with van der Waals surface area (Å²) in [7, 11) is 0. The molecule has 3 rings (SSSR count). The summed E-state index contributed by atoms with van der Waals surface area (Å²) >= 11 is 0. The molecule has 2 aromatic rings. The number of anilines is 2. The maximum absolute atomic E-state index is 13.3. The number of halogens is 1. The van der Waals surface area contributed by atoms with Gasteiger partial charge in [-0.05, 0) is 24.1 Å². The van der Waals surface area contributed by atoms with Gasteiger partial charge in [-0.3, -0.25) is 0 Å². The van der Waals surface area contributed by atoms with E-state index in [1.54, 1.807) is 12.3 Å². The van der Waals surface area contributed by atoms with Crippen LogP contribution in [0, 0.1) is 17.1 Å². The van der Waals surface area contributed by atoms with E-state index in [0.717, 1.165) is 24.2 Å². The van der Waals surface area contributed by atoms with Crippen LogP contribution in [-0.2, 0) is 6.42 Å². The summed E-state index contributed by atoms with van der Waals surface area (Å²) in [5.74, 6) is 0.376. The molecule has 0 radical (unpaired) electrons. The monoisotopic (exact) mass is 240 g/mol. The van der Waals surface area contributed by atoms with Crippen molar-refractivity contribution in [2.75, 3.05) is 11.4 Å². The number of benzene rings is 1. The zero-order valence-corrected chi connectivity index (χ0v) is 9.47. The first-order valence-corrected chi connectivity index (χ1v) is 5.56. The van der Waals surface area contributed by atoms with Gasteiger partial charge in [-0.2, -0.15) is 5.26 Å². The highest BCUT2D eigenvalue weighted by Crippen LogP contribution is 2.33. The summed E-state index contributed by atoms with van der Waals surface area (Å²) in [6.07, 6.45) is 3.82. The summed E-state index contributed by atoms with van der Waals surface area (Å²) < 4.78 is 13.3. The third kappa shape index (κ3) is 1.68. The lowest BCUT2D eigenvalue weighted by Gasteiger charge is -2.17. The van der Waals surface area contributed by atoms with Crippen LogP contribution in [0.25, 0.3) is 0 Å². The molecule has 2 heterocycles. The second-order valence-electron chi connectivity index (χ2n) is 4.05. The summed E-state index contributed by atoms with van der Waals surface area (Å²) in [5.41, 5.74) is 2.20. The molecule has 0 unspecified atom stereocenters. The van der Waals surface area contributed by atoms with E-state index >= 15 is 0 Å². The number of fused-ring (bicyclic) bond motifs is 1. The molecule has 0 bridgehead atoms. The van der Waals surface area contributed by atoms with Gasteiger partial charge in [-0.15, -0.1) is 0 Å². The Hall–Kier alpha value is -2.48. The Balaban J connectivity index is 2.00. The zero-order valence-electron chi connectivity index (χ0n) is 9.47. The Morgan fingerprint density at radius 2 is 2.17 bits per heavy atom. The van der Waals surface area contributed by atoms with E-state index in [-0.39, 0.29) is 11.5 Å². The normalized spacial score (nSPS) is 13.2. The van der Waals surface area contributed by atoms with Gasteiger partial charge in [0, 0.05) is 12.2 Å². The fourth-order valence-electron chi connectivity index (χ4n) is 2.11. The second kappa shape index (κ2) is 4.08. The van der Waals surface area contributed by atoms with Crippen molar-refractivity contribution in [3.05, 3.63) is 47.7 Å². The van der Waals surface area contributed by atoms with E-state index in [2.05, 4.69) is 9.97 Å². The lowest BCUT2D eigenvalue weighted by Crippen LogP contribution is -2.15. The first kappa shape index (κ1) is 10.7. The van der Waals surface area contributed by atoms with Crippen molar-refractivity contribution < 1.29 is 4.39 Å². The van der Waals surface area contributed by atoms with Gasteiger partial charge in [0.25, 0.3) is 0 Å². The minimum Gasteiger partial charge on any atom is -0.324 e. The van der Waals surface area contributed by atoms with Crippen molar-refractivity contribution in [3.63, 3.8) is 0 Å². The van der Waals surface area contributed by atoms with E-state index in [9.17, 15) is 4.39 Å². The molecule has 88 valence electrons. The minimum absolute atomic E-state index is 0.262. The van der Waals surface area contributed by atoms with Gasteiger partial charge in [0.1, 0.15) is 11.9 Å². The molecule has 1 aromatic heterocycles. The lowest BCUT2D eigenvalue weighted by atomic mass is 10.2. The van der Waals surface area contributed by atoms with E-state index in [1.807, 2.05) is 11.0 Å². The van der Waals surface area contributed by atoms with Crippen molar-refractivity contribution in [2.45, 2.75) is 6.42 Å². The number of nitrogens with zero attached hydrogens (tertiary/aromatic N) is 4. The molecule has 0 N–H and O–H groups in total. The molecule has 0 atom stereocenters. The van der Waals surface area contributed by atoms with Gasteiger partial charge in [0.05, 0.1) is 12.4 Å². The number of hydrogen-bond donors (Lipinski definition) is 0. The molecule has 1 aliphatic rings. The standard InChI is InChI=1S/C13H9FN4/c14-10-2-1-9-3-4-18(12(9)5-10)13-8-16-11(6-15)7-17-13/h1-2,5,7-8H,3-4H2. The summed E-state index contributed by atoms with van der Waals surface area (Å²) in [6.45, 7) is 0.749. The molecule has 0 aliphatic carbocycles. The van der Waals surface area contributed by atoms with E-state index in [0.29, 0.717) is 5.82 Å². The molecule has 0 saturated heterocycles. The highest BCUT2D eigenvalue weighted by Gasteiger charge is 2.21. The SMILES string of the molecule is N#Cc1cnc(N2CCc3ccc(F)cc32)cn1. The van der Waals surface area contributed by atoms with Gasteiger partial charge in [0.15, 0.2) is 11.5 Å². The molecule has 0 saturated carbocycles. The van der Waals surface area contributed by atoms with Crippen molar-refractivity contribution in [3.8, 4) is 6.07 Å². The number of rotatable bonds is 1. The average molecular weight is 240 g/mol. The van der Waals surface area contributed by atoms with E-state index < -0.39 is 0 Å². The van der Waals surface area contributed by atoms with Gasteiger partial charge in [-0.25, -0.2) is 14.4 Å². The first-order valence-electron chi connectivity index (χ1n) is 5.56. The quantitative estimate of drug-likeness (QED) is 0.766. The highest BCUT2D eigenvalue weighted by atomic mass is 19.1. The molecule has 0 amide bonds. The third-order valence-electron chi connectivity index (χ3n) is 2.97. The van der Waals surface area contributed by atoms with Crippen LogP contribution in [0.2, 0.25) is 0 Å². The Kier molecular flexibility index (Phi) is 2.41. The topological polar surface area (TPSA) is 52.8 Å². The van der Waals surface area contributed by atoms with Crippen LogP contribution in [0.3, 0.4) is 0 Å². The van der Waals surface area contributed by atoms with Crippen molar-refractivity contribution in [2.24, 2.45) is 0 Å². The summed E-state index contributed by atoms with van der Waals surface area (Å²) in [6, 6.07) is 6.68. The predicted molar refractivity (Wildman–Crippen MR) is 63.9 cm³/mol. The largest absolute Gasteiger partial charge is 0.324 e. The minimum atomic E-state index is -0.262. The molecule has 0 fully saturated rings. The molecule has 1 aliphatic heterocycles. The Morgan fingerprint density at radius 1 is 1.28 bits per heavy atom. The molecule has 1 aromatic carbocycles. The van der Waals surface area contributed by atoms with Gasteiger partial charge in [0.2, 0.25) is 0 Å². The number of nitriles is 1. The maximum atomic E-state index is 13.3. The van der Waals surface area contributed by atoms with Crippen LogP contribution >= 0.6 is 0 Å². The van der Waals surface area contributed by atoms with Crippen LogP contribution in [0.1, 0.15) is 11.3 Å². The Labute approximate surface area is 103 Å². The maximum Gasteiger partial charge on any atom is 0.158 e. The average Bonchev–Trinajstić information content (AvgIpc) is 2.82. The highest BCUT2D eigenvalue weighted by molar-refractivity contribution is 5.67. The van der Waals surface area contributed by atoms with Crippen molar-refractivity contribution >= 4 is 11.5 Å². The second-order valence-corrected chi connectivity index (χ2v) is 4.05. The molecule has 5 heteroatoms. The number of aromatic nitrogens is 2. The van der Waals surface area contributed by atoms with E-state index in [1.165, 1.54) is 18.3 Å². The van der Waals surface area contributed by atoms with Gasteiger partial charge in [-0.1, -0.05) is 6.07 Å². The lowest BCUT2D eigenvalue weighted by molar-refractivity contribution is 0.628. The predicted octanol–water partition coefficient (Wildman–Crippen LogP) is 2.18. The molecular weight excluding hydrogens is 231 g/mol.